The van der Waals surface area contributed by atoms with E-state index >= 15 is 0 Å². The fourth-order valence-electron chi connectivity index (χ4n) is 7.09. The third-order valence-corrected chi connectivity index (χ3v) is 9.36. The molecule has 0 radical (unpaired) electrons. The molecule has 0 N–H and O–H groups in total. The van der Waals surface area contributed by atoms with Crippen LogP contribution in [0, 0.1) is 0 Å². The molecule has 10 rings (SSSR count). The van der Waals surface area contributed by atoms with Crippen molar-refractivity contribution >= 4 is 22.7 Å². The first-order valence-corrected chi connectivity index (χ1v) is 16.4. The first kappa shape index (κ1) is 27.5. The highest BCUT2D eigenvalue weighted by atomic mass is 16.5. The van der Waals surface area contributed by atoms with Gasteiger partial charge < -0.3 is 4.74 Å². The molecule has 0 spiro atoms. The molecule has 2 aromatic heterocycles. The van der Waals surface area contributed by atoms with Crippen molar-refractivity contribution in [2.75, 3.05) is 4.90 Å². The van der Waals surface area contributed by atoms with Crippen LogP contribution < -0.4 is 9.64 Å². The minimum atomic E-state index is -0.215. The molecule has 0 saturated carbocycles. The largest absolute Gasteiger partial charge is 0.467 e. The molecule has 0 aliphatic carbocycles. The smallest absolute Gasteiger partial charge is 0.214 e. The van der Waals surface area contributed by atoms with Gasteiger partial charge in [-0.1, -0.05) is 121 Å². The molecule has 0 amide bonds. The molecule has 7 heteroatoms. The number of ether oxygens (including phenoxy) is 1. The molecule has 2 aliphatic heterocycles. The normalized spacial score (nSPS) is 15.9. The van der Waals surface area contributed by atoms with E-state index in [0.29, 0.717) is 17.5 Å². The Morgan fingerprint density at radius 3 is 1.76 bits per heavy atom. The van der Waals surface area contributed by atoms with Crippen molar-refractivity contribution < 1.29 is 4.74 Å². The van der Waals surface area contributed by atoms with E-state index in [1.54, 1.807) is 0 Å². The maximum Gasteiger partial charge on any atom is 0.214 e. The predicted octanol–water partition coefficient (Wildman–Crippen LogP) is 9.67. The number of hydrogen-bond donors (Lipinski definition) is 0. The number of benzene rings is 6. The Labute approximate surface area is 282 Å². The number of anilines is 2. The number of nitrogens with zero attached hydrogens (tertiary/aromatic N) is 6. The number of rotatable bonds is 5. The summed E-state index contributed by atoms with van der Waals surface area (Å²) in [4.78, 5) is 22.3. The summed E-state index contributed by atoms with van der Waals surface area (Å²) in [7, 11) is 0. The zero-order chi connectivity index (χ0) is 32.3. The lowest BCUT2D eigenvalue weighted by molar-refractivity contribution is 0.159. The van der Waals surface area contributed by atoms with Gasteiger partial charge in [0.25, 0.3) is 0 Å². The summed E-state index contributed by atoms with van der Waals surface area (Å²) in [6, 6.07) is 53.7. The van der Waals surface area contributed by atoms with Crippen molar-refractivity contribution in [2.45, 2.75) is 12.3 Å². The third kappa shape index (κ3) is 4.51. The fourth-order valence-corrected chi connectivity index (χ4v) is 7.09. The fraction of sp³-hybridized carbons (Fsp3) is 0.0476. The van der Waals surface area contributed by atoms with E-state index in [2.05, 4.69) is 94.4 Å². The Hall–Kier alpha value is -6.60. The number of imidazole rings is 1. The van der Waals surface area contributed by atoms with Crippen molar-refractivity contribution in [3.05, 3.63) is 163 Å². The number of fused-ring (bicyclic) bond motifs is 7. The maximum absolute atomic E-state index is 6.60. The van der Waals surface area contributed by atoms with E-state index in [1.165, 1.54) is 5.56 Å². The van der Waals surface area contributed by atoms with Crippen LogP contribution in [0.4, 0.5) is 11.6 Å². The summed E-state index contributed by atoms with van der Waals surface area (Å²) in [6.45, 7) is 0. The zero-order valence-corrected chi connectivity index (χ0v) is 26.3. The monoisotopic (exact) mass is 632 g/mol. The maximum atomic E-state index is 6.60. The first-order valence-electron chi connectivity index (χ1n) is 16.4. The second kappa shape index (κ2) is 11.0. The van der Waals surface area contributed by atoms with Crippen molar-refractivity contribution in [1.29, 1.82) is 0 Å². The number of hydrogen-bond acceptors (Lipinski definition) is 6. The van der Waals surface area contributed by atoms with Crippen LogP contribution in [0.3, 0.4) is 0 Å². The summed E-state index contributed by atoms with van der Waals surface area (Å²) in [6.07, 6.45) is -0.215. The molecule has 0 fully saturated rings. The summed E-state index contributed by atoms with van der Waals surface area (Å²) in [5.41, 5.74) is 9.12. The molecule has 2 atom stereocenters. The average molecular weight is 633 g/mol. The van der Waals surface area contributed by atoms with Gasteiger partial charge in [0, 0.05) is 27.9 Å². The lowest BCUT2D eigenvalue weighted by Gasteiger charge is -2.23. The molecule has 6 aromatic carbocycles. The van der Waals surface area contributed by atoms with Gasteiger partial charge in [-0.15, -0.1) is 0 Å². The van der Waals surface area contributed by atoms with Gasteiger partial charge in [0.2, 0.25) is 12.2 Å². The predicted molar refractivity (Wildman–Crippen MR) is 192 cm³/mol. The molecule has 7 nitrogen and oxygen atoms in total. The molecule has 8 aromatic rings. The second-order valence-electron chi connectivity index (χ2n) is 12.3. The van der Waals surface area contributed by atoms with E-state index in [-0.39, 0.29) is 12.3 Å². The van der Waals surface area contributed by atoms with Gasteiger partial charge in [0.1, 0.15) is 11.8 Å². The van der Waals surface area contributed by atoms with Gasteiger partial charge in [0.15, 0.2) is 17.5 Å². The van der Waals surface area contributed by atoms with E-state index in [4.69, 9.17) is 24.7 Å². The standard InChI is InChI=1S/C42H28N6O/c1-4-13-27(14-5-1)38-44-39(28-15-6-2-7-16-28)46-40(45-38)31-18-12-17-29(25-31)30-23-24-35-34(26-30)43-42-47(32-19-8-3-9-20-32)37-33-21-10-11-22-36(33)49-41(37)48(35)42/h1-26,37,41H. The summed E-state index contributed by atoms with van der Waals surface area (Å²) >= 11 is 0. The van der Waals surface area contributed by atoms with Crippen molar-refractivity contribution in [2.24, 2.45) is 0 Å². The Morgan fingerprint density at radius 1 is 0.469 bits per heavy atom. The second-order valence-corrected chi connectivity index (χ2v) is 12.3. The Morgan fingerprint density at radius 2 is 1.04 bits per heavy atom. The highest BCUT2D eigenvalue weighted by Crippen LogP contribution is 2.56. The lowest BCUT2D eigenvalue weighted by atomic mass is 10.0. The van der Waals surface area contributed by atoms with Crippen LogP contribution in [0.1, 0.15) is 17.8 Å². The number of aromatic nitrogens is 5. The molecule has 232 valence electrons. The van der Waals surface area contributed by atoms with Gasteiger partial charge in [0.05, 0.1) is 11.0 Å². The van der Waals surface area contributed by atoms with Crippen LogP contribution >= 0.6 is 0 Å². The molecule has 2 aliphatic rings. The number of para-hydroxylation sites is 2. The summed E-state index contributed by atoms with van der Waals surface area (Å²) in [5.74, 6) is 3.70. The Balaban J connectivity index is 1.07. The molecule has 0 bridgehead atoms. The van der Waals surface area contributed by atoms with E-state index in [0.717, 1.165) is 56.2 Å². The van der Waals surface area contributed by atoms with Crippen LogP contribution in [-0.2, 0) is 0 Å². The molecule has 0 saturated heterocycles. The molecule has 4 heterocycles. The minimum absolute atomic E-state index is 0.00349. The summed E-state index contributed by atoms with van der Waals surface area (Å²) in [5, 5.41) is 0. The first-order chi connectivity index (χ1) is 24.3. The Bertz CT molecular complexity index is 2440. The van der Waals surface area contributed by atoms with Gasteiger partial charge in [-0.2, -0.15) is 0 Å². The van der Waals surface area contributed by atoms with Crippen LogP contribution in [0.15, 0.2) is 158 Å². The highest BCUT2D eigenvalue weighted by Gasteiger charge is 2.49. The molecular formula is C42H28N6O. The average Bonchev–Trinajstić information content (AvgIpc) is 3.83. The van der Waals surface area contributed by atoms with Gasteiger partial charge in [-0.25, -0.2) is 19.9 Å². The van der Waals surface area contributed by atoms with Gasteiger partial charge in [-0.05, 0) is 47.5 Å². The molecular weight excluding hydrogens is 605 g/mol. The van der Waals surface area contributed by atoms with Crippen LogP contribution in [0.25, 0.3) is 56.3 Å². The van der Waals surface area contributed by atoms with Crippen LogP contribution in [0.2, 0.25) is 0 Å². The molecule has 2 unspecified atom stereocenters. The van der Waals surface area contributed by atoms with Crippen molar-refractivity contribution in [1.82, 2.24) is 24.5 Å². The quantitative estimate of drug-likeness (QED) is 0.188. The van der Waals surface area contributed by atoms with E-state index in [9.17, 15) is 0 Å². The van der Waals surface area contributed by atoms with E-state index < -0.39 is 0 Å². The summed E-state index contributed by atoms with van der Waals surface area (Å²) < 4.78 is 8.84. The minimum Gasteiger partial charge on any atom is -0.467 e. The topological polar surface area (TPSA) is 69.0 Å². The van der Waals surface area contributed by atoms with E-state index in [1.807, 2.05) is 72.8 Å². The van der Waals surface area contributed by atoms with Gasteiger partial charge in [-0.3, -0.25) is 9.47 Å². The van der Waals surface area contributed by atoms with Gasteiger partial charge >= 0.3 is 0 Å². The highest BCUT2D eigenvalue weighted by molar-refractivity contribution is 5.87. The van der Waals surface area contributed by atoms with Crippen LogP contribution in [-0.4, -0.2) is 24.5 Å². The SMILES string of the molecule is c1ccc(-c2nc(-c3ccccc3)nc(-c3cccc(-c4ccc5c(c4)nc4n5C5Oc6ccccc6C5N4c4ccccc4)c3)n2)cc1. The van der Waals surface area contributed by atoms with Crippen LogP contribution in [0.5, 0.6) is 5.75 Å². The zero-order valence-electron chi connectivity index (χ0n) is 26.3. The van der Waals surface area contributed by atoms with Crippen molar-refractivity contribution in [3.8, 4) is 51.0 Å². The molecule has 49 heavy (non-hydrogen) atoms. The van der Waals surface area contributed by atoms with Crippen molar-refractivity contribution in [3.63, 3.8) is 0 Å². The lowest BCUT2D eigenvalue weighted by Crippen LogP contribution is -2.21. The third-order valence-electron chi connectivity index (χ3n) is 9.36. The Kier molecular flexibility index (Phi) is 6.17.